The van der Waals surface area contributed by atoms with Gasteiger partial charge in [0.05, 0.1) is 6.20 Å². The SMILES string of the molecule is CC.CC(F)F.Cc1cc(-c2ccc(OC3CCC3)nc2)ccc1-c1cnccc1C(C)C.Cc1ccc(O)cn1. The number of rotatable bonds is 5. The van der Waals surface area contributed by atoms with E-state index in [0.717, 1.165) is 36.9 Å². The van der Waals surface area contributed by atoms with Crippen LogP contribution in [0.15, 0.2) is 73.3 Å². The van der Waals surface area contributed by atoms with Gasteiger partial charge in [-0.1, -0.05) is 45.9 Å². The summed E-state index contributed by atoms with van der Waals surface area (Å²) in [7, 11) is 0. The van der Waals surface area contributed by atoms with Crippen LogP contribution in [0, 0.1) is 13.8 Å². The lowest BCUT2D eigenvalue weighted by Crippen LogP contribution is -2.24. The summed E-state index contributed by atoms with van der Waals surface area (Å²) in [4.78, 5) is 12.7. The van der Waals surface area contributed by atoms with Crippen molar-refractivity contribution in [3.63, 3.8) is 0 Å². The largest absolute Gasteiger partial charge is 0.506 e. The van der Waals surface area contributed by atoms with Gasteiger partial charge in [0.25, 0.3) is 0 Å². The molecule has 0 amide bonds. The number of ether oxygens (including phenoxy) is 1. The van der Waals surface area contributed by atoms with Crippen LogP contribution >= 0.6 is 0 Å². The Labute approximate surface area is 243 Å². The van der Waals surface area contributed by atoms with Gasteiger partial charge in [-0.05, 0) is 92.5 Å². The monoisotopic (exact) mass is 563 g/mol. The summed E-state index contributed by atoms with van der Waals surface area (Å²) in [6.07, 6.45) is 8.95. The minimum absolute atomic E-state index is 0.218. The Kier molecular flexibility index (Phi) is 13.9. The number of hydrogen-bond donors (Lipinski definition) is 1. The Morgan fingerprint density at radius 2 is 1.51 bits per heavy atom. The second kappa shape index (κ2) is 17.1. The Morgan fingerprint density at radius 1 is 0.829 bits per heavy atom. The number of aromatic hydroxyl groups is 1. The fourth-order valence-corrected chi connectivity index (χ4v) is 4.02. The quantitative estimate of drug-likeness (QED) is 0.262. The Morgan fingerprint density at radius 3 is 2.00 bits per heavy atom. The molecule has 3 heterocycles. The first-order valence-corrected chi connectivity index (χ1v) is 14.2. The van der Waals surface area contributed by atoms with Crippen molar-refractivity contribution in [3.05, 3.63) is 90.1 Å². The zero-order valence-electron chi connectivity index (χ0n) is 25.2. The van der Waals surface area contributed by atoms with Crippen LogP contribution in [0.2, 0.25) is 0 Å². The van der Waals surface area contributed by atoms with Gasteiger partial charge in [-0.15, -0.1) is 0 Å². The van der Waals surface area contributed by atoms with E-state index in [-0.39, 0.29) is 5.75 Å². The second-order valence-corrected chi connectivity index (χ2v) is 9.88. The lowest BCUT2D eigenvalue weighted by atomic mass is 9.91. The normalized spacial score (nSPS) is 12.2. The first kappa shape index (κ1) is 33.3. The van der Waals surface area contributed by atoms with Crippen molar-refractivity contribution >= 4 is 0 Å². The number of benzene rings is 1. The molecule has 41 heavy (non-hydrogen) atoms. The van der Waals surface area contributed by atoms with Crippen LogP contribution in [0.3, 0.4) is 0 Å². The van der Waals surface area contributed by atoms with Crippen molar-refractivity contribution in [1.29, 1.82) is 0 Å². The van der Waals surface area contributed by atoms with E-state index in [1.54, 1.807) is 12.1 Å². The summed E-state index contributed by atoms with van der Waals surface area (Å²) >= 11 is 0. The van der Waals surface area contributed by atoms with E-state index < -0.39 is 6.43 Å². The predicted octanol–water partition coefficient (Wildman–Crippen LogP) is 9.57. The molecule has 1 saturated carbocycles. The summed E-state index contributed by atoms with van der Waals surface area (Å²) in [5.74, 6) is 1.42. The second-order valence-electron chi connectivity index (χ2n) is 9.88. The minimum atomic E-state index is -2.17. The van der Waals surface area contributed by atoms with Crippen LogP contribution in [0.4, 0.5) is 8.78 Å². The molecule has 1 aliphatic rings. The number of nitrogens with zero attached hydrogens (tertiary/aromatic N) is 3. The Hall–Kier alpha value is -3.87. The van der Waals surface area contributed by atoms with Crippen molar-refractivity contribution in [2.24, 2.45) is 0 Å². The maximum atomic E-state index is 10.3. The predicted molar refractivity (Wildman–Crippen MR) is 164 cm³/mol. The van der Waals surface area contributed by atoms with Crippen LogP contribution in [0.5, 0.6) is 11.6 Å². The molecule has 0 bridgehead atoms. The van der Waals surface area contributed by atoms with Gasteiger partial charge in [-0.2, -0.15) is 0 Å². The molecular formula is C34H43F2N3O2. The molecule has 220 valence electrons. The maximum absolute atomic E-state index is 10.3. The first-order chi connectivity index (χ1) is 19.6. The van der Waals surface area contributed by atoms with E-state index in [2.05, 4.69) is 66.1 Å². The summed E-state index contributed by atoms with van der Waals surface area (Å²) < 4.78 is 26.5. The highest BCUT2D eigenvalue weighted by Gasteiger charge is 2.19. The molecule has 4 aromatic rings. The number of halogens is 2. The van der Waals surface area contributed by atoms with Crippen molar-refractivity contribution in [3.8, 4) is 33.9 Å². The number of pyridine rings is 3. The molecule has 0 unspecified atom stereocenters. The standard InChI is InChI=1S/C24H26N2O.C6H7NO.C2H4F2.C2H6/c1-16(2)21-11-12-25-15-23(21)22-9-7-18(13-17(22)3)19-8-10-24(26-14-19)27-20-5-4-6-20;1-5-2-3-6(8)4-7-5;1-2(3)4;1-2/h7-16,20H,4-6H2,1-3H3;2-4,8H,1H3;2H,1H3;1-2H3. The summed E-state index contributed by atoms with van der Waals surface area (Å²) in [5.41, 5.74) is 8.25. The van der Waals surface area contributed by atoms with Gasteiger partial charge in [0, 0.05) is 41.5 Å². The van der Waals surface area contributed by atoms with Crippen molar-refractivity contribution in [1.82, 2.24) is 15.0 Å². The van der Waals surface area contributed by atoms with Gasteiger partial charge in [-0.25, -0.2) is 13.8 Å². The third-order valence-corrected chi connectivity index (χ3v) is 6.30. The molecule has 1 aliphatic carbocycles. The van der Waals surface area contributed by atoms with E-state index in [1.165, 1.54) is 40.4 Å². The highest BCUT2D eigenvalue weighted by molar-refractivity contribution is 5.75. The molecule has 5 rings (SSSR count). The van der Waals surface area contributed by atoms with E-state index in [0.29, 0.717) is 12.0 Å². The topological polar surface area (TPSA) is 68.1 Å². The molecule has 7 heteroatoms. The molecule has 0 radical (unpaired) electrons. The van der Waals surface area contributed by atoms with Gasteiger partial charge in [0.1, 0.15) is 11.9 Å². The van der Waals surface area contributed by atoms with E-state index in [4.69, 9.17) is 9.84 Å². The van der Waals surface area contributed by atoms with Gasteiger partial charge in [-0.3, -0.25) is 9.97 Å². The van der Waals surface area contributed by atoms with Crippen LogP contribution in [-0.4, -0.2) is 32.6 Å². The highest BCUT2D eigenvalue weighted by Crippen LogP contribution is 2.33. The average Bonchev–Trinajstić information content (AvgIpc) is 2.94. The summed E-state index contributed by atoms with van der Waals surface area (Å²) in [6, 6.07) is 16.2. The van der Waals surface area contributed by atoms with Gasteiger partial charge in [0.15, 0.2) is 0 Å². The first-order valence-electron chi connectivity index (χ1n) is 14.2. The molecule has 0 aliphatic heterocycles. The molecule has 0 spiro atoms. The third-order valence-electron chi connectivity index (χ3n) is 6.30. The lowest BCUT2D eigenvalue weighted by Gasteiger charge is -2.25. The summed E-state index contributed by atoms with van der Waals surface area (Å²) in [6.45, 7) is 13.3. The van der Waals surface area contributed by atoms with Gasteiger partial charge in [0.2, 0.25) is 12.3 Å². The Balaban J connectivity index is 0.000000349. The van der Waals surface area contributed by atoms with E-state index in [1.807, 2.05) is 45.4 Å². The number of aryl methyl sites for hydroxylation is 2. The van der Waals surface area contributed by atoms with Crippen molar-refractivity contribution in [2.45, 2.75) is 86.2 Å². The van der Waals surface area contributed by atoms with Crippen LogP contribution in [-0.2, 0) is 0 Å². The molecule has 0 saturated heterocycles. The number of alkyl halides is 2. The molecular weight excluding hydrogens is 520 g/mol. The Bertz CT molecular complexity index is 1280. The molecule has 1 aromatic carbocycles. The molecule has 5 nitrogen and oxygen atoms in total. The van der Waals surface area contributed by atoms with Crippen LogP contribution < -0.4 is 4.74 Å². The number of aromatic nitrogens is 3. The number of hydrogen-bond acceptors (Lipinski definition) is 5. The average molecular weight is 564 g/mol. The van der Waals surface area contributed by atoms with Crippen molar-refractivity contribution < 1.29 is 18.6 Å². The fourth-order valence-electron chi connectivity index (χ4n) is 4.02. The van der Waals surface area contributed by atoms with E-state index in [9.17, 15) is 8.78 Å². The van der Waals surface area contributed by atoms with Gasteiger partial charge < -0.3 is 9.84 Å². The van der Waals surface area contributed by atoms with Gasteiger partial charge >= 0.3 is 0 Å². The zero-order valence-corrected chi connectivity index (χ0v) is 25.2. The summed E-state index contributed by atoms with van der Waals surface area (Å²) in [5, 5.41) is 8.69. The van der Waals surface area contributed by atoms with E-state index >= 15 is 0 Å². The highest BCUT2D eigenvalue weighted by atomic mass is 19.3. The van der Waals surface area contributed by atoms with Crippen LogP contribution in [0.25, 0.3) is 22.3 Å². The molecule has 3 aromatic heterocycles. The molecule has 1 fully saturated rings. The molecule has 0 atom stereocenters. The lowest BCUT2D eigenvalue weighted by molar-refractivity contribution is 0.114. The maximum Gasteiger partial charge on any atom is 0.235 e. The fraction of sp³-hybridized carbons (Fsp3) is 0.382. The van der Waals surface area contributed by atoms with Crippen LogP contribution in [0.1, 0.15) is 76.6 Å². The minimum Gasteiger partial charge on any atom is -0.506 e. The zero-order chi connectivity index (χ0) is 30.4. The van der Waals surface area contributed by atoms with Crippen molar-refractivity contribution in [2.75, 3.05) is 0 Å². The third kappa shape index (κ3) is 10.9. The smallest absolute Gasteiger partial charge is 0.235 e. The molecule has 1 N–H and O–H groups in total.